The molecule has 0 fully saturated rings. The predicted octanol–water partition coefficient (Wildman–Crippen LogP) is 1.29. The van der Waals surface area contributed by atoms with Gasteiger partial charge in [0.15, 0.2) is 0 Å². The molecule has 3 rings (SSSR count). The van der Waals surface area contributed by atoms with Crippen molar-refractivity contribution >= 4 is 11.9 Å². The summed E-state index contributed by atoms with van der Waals surface area (Å²) in [7, 11) is 0. The van der Waals surface area contributed by atoms with Gasteiger partial charge in [0.1, 0.15) is 6.04 Å². The molecular formula is C16H17N3O3. The van der Waals surface area contributed by atoms with Crippen molar-refractivity contribution in [2.75, 3.05) is 0 Å². The third kappa shape index (κ3) is 2.59. The highest BCUT2D eigenvalue weighted by Crippen LogP contribution is 2.23. The Balaban J connectivity index is 1.90. The molecule has 6 heteroatoms. The van der Waals surface area contributed by atoms with Crippen molar-refractivity contribution in [1.29, 1.82) is 0 Å². The molecule has 1 aliphatic heterocycles. The number of nitrogens with zero attached hydrogens (tertiary/aromatic N) is 3. The van der Waals surface area contributed by atoms with E-state index in [1.165, 1.54) is 11.8 Å². The van der Waals surface area contributed by atoms with Crippen LogP contribution in [0, 0.1) is 0 Å². The Bertz CT molecular complexity index is 709. The maximum atomic E-state index is 11.7. The molecule has 1 atom stereocenters. The van der Waals surface area contributed by atoms with Crippen LogP contribution in [0.4, 0.5) is 0 Å². The van der Waals surface area contributed by atoms with Crippen molar-refractivity contribution < 1.29 is 14.7 Å². The maximum Gasteiger partial charge on any atom is 0.326 e. The van der Waals surface area contributed by atoms with Gasteiger partial charge in [0, 0.05) is 19.9 Å². The molecule has 0 aliphatic carbocycles. The van der Waals surface area contributed by atoms with Crippen LogP contribution < -0.4 is 0 Å². The lowest BCUT2D eigenvalue weighted by atomic mass is 10.0. The average molecular weight is 299 g/mol. The first-order chi connectivity index (χ1) is 10.6. The van der Waals surface area contributed by atoms with E-state index in [-0.39, 0.29) is 18.9 Å². The van der Waals surface area contributed by atoms with Crippen LogP contribution in [0.1, 0.15) is 23.9 Å². The molecular weight excluding hydrogens is 282 g/mol. The Labute approximate surface area is 128 Å². The molecule has 0 radical (unpaired) electrons. The van der Waals surface area contributed by atoms with E-state index in [0.717, 1.165) is 17.0 Å². The monoisotopic (exact) mass is 299 g/mol. The highest BCUT2D eigenvalue weighted by molar-refractivity contribution is 5.83. The van der Waals surface area contributed by atoms with Crippen molar-refractivity contribution in [1.82, 2.24) is 14.5 Å². The molecule has 1 aliphatic rings. The zero-order valence-corrected chi connectivity index (χ0v) is 12.3. The van der Waals surface area contributed by atoms with Gasteiger partial charge in [-0.2, -0.15) is 0 Å². The van der Waals surface area contributed by atoms with Crippen LogP contribution in [0.3, 0.4) is 0 Å². The van der Waals surface area contributed by atoms with Gasteiger partial charge in [0.2, 0.25) is 5.91 Å². The second kappa shape index (κ2) is 5.63. The highest BCUT2D eigenvalue weighted by Gasteiger charge is 2.35. The summed E-state index contributed by atoms with van der Waals surface area (Å²) in [5.74, 6) is -1.22. The molecule has 0 unspecified atom stereocenters. The van der Waals surface area contributed by atoms with Gasteiger partial charge in [0.05, 0.1) is 24.3 Å². The number of carbonyl (C=O) groups excluding carboxylic acids is 1. The lowest BCUT2D eigenvalue weighted by Gasteiger charge is -2.32. The first kappa shape index (κ1) is 14.3. The van der Waals surface area contributed by atoms with Crippen molar-refractivity contribution in [2.24, 2.45) is 0 Å². The summed E-state index contributed by atoms with van der Waals surface area (Å²) in [6.07, 6.45) is 1.98. The minimum Gasteiger partial charge on any atom is -0.480 e. The van der Waals surface area contributed by atoms with E-state index < -0.39 is 12.0 Å². The number of hydrogen-bond donors (Lipinski definition) is 1. The van der Waals surface area contributed by atoms with E-state index >= 15 is 0 Å². The fourth-order valence-electron chi connectivity index (χ4n) is 2.83. The van der Waals surface area contributed by atoms with Crippen LogP contribution in [-0.4, -0.2) is 37.5 Å². The van der Waals surface area contributed by atoms with Crippen LogP contribution >= 0.6 is 0 Å². The molecule has 2 heterocycles. The Morgan fingerprint density at radius 1 is 1.32 bits per heavy atom. The number of carboxylic acid groups (broad SMARTS) is 1. The molecule has 1 amide bonds. The summed E-state index contributed by atoms with van der Waals surface area (Å²) in [4.78, 5) is 28.8. The minimum absolute atomic E-state index is 0.231. The Kier molecular flexibility index (Phi) is 3.66. The quantitative estimate of drug-likeness (QED) is 0.926. The van der Waals surface area contributed by atoms with E-state index in [1.54, 1.807) is 6.33 Å². The molecule has 0 bridgehead atoms. The Morgan fingerprint density at radius 3 is 2.68 bits per heavy atom. The second-order valence-corrected chi connectivity index (χ2v) is 5.46. The van der Waals surface area contributed by atoms with Gasteiger partial charge in [-0.15, -0.1) is 0 Å². The number of fused-ring (bicyclic) bond motifs is 1. The zero-order valence-electron chi connectivity index (χ0n) is 12.3. The Hall–Kier alpha value is -2.63. The third-order valence-corrected chi connectivity index (χ3v) is 4.00. The van der Waals surface area contributed by atoms with Crippen molar-refractivity contribution in [3.8, 4) is 0 Å². The largest absolute Gasteiger partial charge is 0.480 e. The molecule has 0 spiro atoms. The van der Waals surface area contributed by atoms with E-state index in [4.69, 9.17) is 0 Å². The van der Waals surface area contributed by atoms with Crippen molar-refractivity contribution in [3.63, 3.8) is 0 Å². The Morgan fingerprint density at radius 2 is 2.05 bits per heavy atom. The predicted molar refractivity (Wildman–Crippen MR) is 79.1 cm³/mol. The fraction of sp³-hybridized carbons (Fsp3) is 0.312. The molecule has 2 aromatic rings. The fourth-order valence-corrected chi connectivity index (χ4v) is 2.83. The molecule has 1 aromatic carbocycles. The second-order valence-electron chi connectivity index (χ2n) is 5.46. The number of rotatable bonds is 3. The number of aromatic nitrogens is 2. The molecule has 22 heavy (non-hydrogen) atoms. The van der Waals surface area contributed by atoms with Crippen LogP contribution in [-0.2, 0) is 29.1 Å². The van der Waals surface area contributed by atoms with Crippen molar-refractivity contribution in [2.45, 2.75) is 32.5 Å². The third-order valence-electron chi connectivity index (χ3n) is 4.00. The summed E-state index contributed by atoms with van der Waals surface area (Å²) in [5.41, 5.74) is 2.81. The summed E-state index contributed by atoms with van der Waals surface area (Å²) in [6.45, 7) is 2.35. The van der Waals surface area contributed by atoms with Crippen LogP contribution in [0.2, 0.25) is 0 Å². The summed E-state index contributed by atoms with van der Waals surface area (Å²) in [6, 6.07) is 9.13. The molecule has 1 aromatic heterocycles. The van der Waals surface area contributed by atoms with E-state index in [0.29, 0.717) is 6.54 Å². The van der Waals surface area contributed by atoms with E-state index in [2.05, 4.69) is 4.98 Å². The van der Waals surface area contributed by atoms with Gasteiger partial charge in [-0.25, -0.2) is 9.78 Å². The zero-order chi connectivity index (χ0) is 15.7. The standard InChI is InChI=1S/C16H17N3O3/c1-11(20)19-9-15-13(7-14(19)16(21)22)17-10-18(15)8-12-5-3-2-4-6-12/h2-6,10,14H,7-9H2,1H3,(H,21,22)/t14-/m0/s1. The van der Waals surface area contributed by atoms with Gasteiger partial charge >= 0.3 is 5.97 Å². The molecule has 114 valence electrons. The van der Waals surface area contributed by atoms with Gasteiger partial charge in [-0.05, 0) is 5.56 Å². The number of carboxylic acids is 1. The number of benzene rings is 1. The number of carbonyl (C=O) groups is 2. The van der Waals surface area contributed by atoms with E-state index in [9.17, 15) is 14.7 Å². The minimum atomic E-state index is -0.988. The maximum absolute atomic E-state index is 11.7. The first-order valence-corrected chi connectivity index (χ1v) is 7.13. The van der Waals surface area contributed by atoms with Crippen molar-refractivity contribution in [3.05, 3.63) is 53.6 Å². The SMILES string of the molecule is CC(=O)N1Cc2c(ncn2Cc2ccccc2)C[C@H]1C(=O)O. The summed E-state index contributed by atoms with van der Waals surface area (Å²) >= 11 is 0. The number of aliphatic carboxylic acids is 1. The van der Waals surface area contributed by atoms with Gasteiger partial charge in [0.25, 0.3) is 0 Å². The highest BCUT2D eigenvalue weighted by atomic mass is 16.4. The molecule has 1 N–H and O–H groups in total. The number of imidazole rings is 1. The van der Waals surface area contributed by atoms with Crippen LogP contribution in [0.15, 0.2) is 36.7 Å². The molecule has 0 saturated heterocycles. The number of amides is 1. The van der Waals surface area contributed by atoms with Gasteiger partial charge in [-0.1, -0.05) is 30.3 Å². The molecule has 0 saturated carbocycles. The average Bonchev–Trinajstić information content (AvgIpc) is 2.89. The number of hydrogen-bond acceptors (Lipinski definition) is 3. The van der Waals surface area contributed by atoms with E-state index in [1.807, 2.05) is 34.9 Å². The van der Waals surface area contributed by atoms with Gasteiger partial charge in [-0.3, -0.25) is 4.79 Å². The topological polar surface area (TPSA) is 75.4 Å². The lowest BCUT2D eigenvalue weighted by molar-refractivity contribution is -0.150. The molecule has 6 nitrogen and oxygen atoms in total. The van der Waals surface area contributed by atoms with Crippen LogP contribution in [0.5, 0.6) is 0 Å². The summed E-state index contributed by atoms with van der Waals surface area (Å²) < 4.78 is 1.98. The smallest absolute Gasteiger partial charge is 0.326 e. The summed E-state index contributed by atoms with van der Waals surface area (Å²) in [5, 5.41) is 9.30. The van der Waals surface area contributed by atoms with Gasteiger partial charge < -0.3 is 14.6 Å². The lowest BCUT2D eigenvalue weighted by Crippen LogP contribution is -2.48. The van der Waals surface area contributed by atoms with Crippen LogP contribution in [0.25, 0.3) is 0 Å². The first-order valence-electron chi connectivity index (χ1n) is 7.13. The normalized spacial score (nSPS) is 17.1.